The van der Waals surface area contributed by atoms with E-state index in [0.29, 0.717) is 13.0 Å². The Labute approximate surface area is 122 Å². The molecule has 0 aliphatic carbocycles. The van der Waals surface area contributed by atoms with Gasteiger partial charge in [-0.25, -0.2) is 4.79 Å². The summed E-state index contributed by atoms with van der Waals surface area (Å²) < 4.78 is 0. The van der Waals surface area contributed by atoms with Crippen molar-refractivity contribution in [2.24, 2.45) is 11.8 Å². The van der Waals surface area contributed by atoms with E-state index in [0.717, 1.165) is 0 Å². The number of carboxylic acids is 2. The zero-order valence-corrected chi connectivity index (χ0v) is 11.7. The van der Waals surface area contributed by atoms with Gasteiger partial charge in [0.25, 0.3) is 5.91 Å². The fraction of sp³-hybridized carbons (Fsp3) is 0.400. The molecule has 2 rings (SSSR count). The highest BCUT2D eigenvalue weighted by atomic mass is 16.4. The van der Waals surface area contributed by atoms with Gasteiger partial charge in [0, 0.05) is 18.7 Å². The summed E-state index contributed by atoms with van der Waals surface area (Å²) in [5.41, 5.74) is 0.314. The molecule has 1 aliphatic heterocycles. The van der Waals surface area contributed by atoms with Crippen LogP contribution >= 0.6 is 0 Å². The van der Waals surface area contributed by atoms with Gasteiger partial charge >= 0.3 is 11.9 Å². The van der Waals surface area contributed by atoms with Crippen molar-refractivity contribution < 1.29 is 24.6 Å². The van der Waals surface area contributed by atoms with Crippen LogP contribution in [0, 0.1) is 11.8 Å². The summed E-state index contributed by atoms with van der Waals surface area (Å²) in [7, 11) is 0. The molecule has 0 bridgehead atoms. The molecule has 6 heteroatoms. The van der Waals surface area contributed by atoms with E-state index >= 15 is 0 Å². The Morgan fingerprint density at radius 3 is 2.43 bits per heavy atom. The molecule has 0 spiro atoms. The van der Waals surface area contributed by atoms with E-state index in [1.807, 2.05) is 6.92 Å². The molecule has 1 saturated heterocycles. The largest absolute Gasteiger partial charge is 0.481 e. The van der Waals surface area contributed by atoms with Crippen molar-refractivity contribution in [1.29, 1.82) is 0 Å². The summed E-state index contributed by atoms with van der Waals surface area (Å²) in [6.45, 7) is 2.55. The molecule has 6 nitrogen and oxygen atoms in total. The van der Waals surface area contributed by atoms with Gasteiger partial charge in [0.15, 0.2) is 0 Å². The number of hydrogen-bond donors (Lipinski definition) is 2. The maximum atomic E-state index is 12.4. The van der Waals surface area contributed by atoms with Gasteiger partial charge in [-0.1, -0.05) is 13.0 Å². The van der Waals surface area contributed by atoms with E-state index in [4.69, 9.17) is 10.2 Å². The molecule has 1 heterocycles. The van der Waals surface area contributed by atoms with E-state index in [2.05, 4.69) is 0 Å². The van der Waals surface area contributed by atoms with Gasteiger partial charge < -0.3 is 15.1 Å². The summed E-state index contributed by atoms with van der Waals surface area (Å²) in [6, 6.07) is 5.79. The van der Waals surface area contributed by atoms with Crippen LogP contribution in [0.5, 0.6) is 0 Å². The average Bonchev–Trinajstić information content (AvgIpc) is 2.45. The van der Waals surface area contributed by atoms with Crippen molar-refractivity contribution in [3.8, 4) is 0 Å². The van der Waals surface area contributed by atoms with E-state index in [9.17, 15) is 14.4 Å². The Kier molecular flexibility index (Phi) is 4.26. The lowest BCUT2D eigenvalue weighted by Gasteiger charge is -2.34. The first-order valence-corrected chi connectivity index (χ1v) is 6.74. The number of carbonyl (C=O) groups is 3. The second-order valence-corrected chi connectivity index (χ2v) is 5.47. The number of hydrogen-bond acceptors (Lipinski definition) is 3. The highest BCUT2D eigenvalue weighted by molar-refractivity contribution is 5.97. The van der Waals surface area contributed by atoms with E-state index in [1.54, 1.807) is 6.07 Å². The molecule has 0 aromatic heterocycles. The smallest absolute Gasteiger partial charge is 0.335 e. The highest BCUT2D eigenvalue weighted by Crippen LogP contribution is 2.23. The molecule has 2 atom stereocenters. The predicted molar refractivity (Wildman–Crippen MR) is 74.2 cm³/mol. The van der Waals surface area contributed by atoms with Crippen LogP contribution in [0.25, 0.3) is 0 Å². The maximum absolute atomic E-state index is 12.4. The number of likely N-dealkylation sites (tertiary alicyclic amines) is 1. The first-order chi connectivity index (χ1) is 9.88. The molecule has 1 aliphatic rings. The average molecular weight is 291 g/mol. The molecule has 2 unspecified atom stereocenters. The zero-order valence-electron chi connectivity index (χ0n) is 11.7. The molecule has 1 fully saturated rings. The topological polar surface area (TPSA) is 94.9 Å². The number of aromatic carboxylic acids is 1. The standard InChI is InChI=1S/C15H17NO5/c1-9-5-12(15(20)21)8-16(7-9)13(17)10-3-2-4-11(6-10)14(18)19/h2-4,6,9,12H,5,7-8H2,1H3,(H,18,19)(H,20,21). The SMILES string of the molecule is CC1CC(C(=O)O)CN(C(=O)c2cccc(C(=O)O)c2)C1. The van der Waals surface area contributed by atoms with Crippen LogP contribution in [-0.2, 0) is 4.79 Å². The molecule has 1 aromatic rings. The monoisotopic (exact) mass is 291 g/mol. The van der Waals surface area contributed by atoms with Gasteiger partial charge in [-0.15, -0.1) is 0 Å². The molecule has 0 radical (unpaired) electrons. The molecule has 1 aromatic carbocycles. The van der Waals surface area contributed by atoms with Crippen molar-refractivity contribution in [3.63, 3.8) is 0 Å². The summed E-state index contributed by atoms with van der Waals surface area (Å²) in [4.78, 5) is 36.0. The Hall–Kier alpha value is -2.37. The van der Waals surface area contributed by atoms with Crippen molar-refractivity contribution in [2.75, 3.05) is 13.1 Å². The van der Waals surface area contributed by atoms with Gasteiger partial charge in [-0.2, -0.15) is 0 Å². The van der Waals surface area contributed by atoms with E-state index < -0.39 is 17.9 Å². The van der Waals surface area contributed by atoms with Crippen molar-refractivity contribution in [2.45, 2.75) is 13.3 Å². The molecule has 112 valence electrons. The van der Waals surface area contributed by atoms with Crippen LogP contribution in [0.2, 0.25) is 0 Å². The molecule has 0 saturated carbocycles. The summed E-state index contributed by atoms with van der Waals surface area (Å²) in [5, 5.41) is 18.1. The molecule has 1 amide bonds. The highest BCUT2D eigenvalue weighted by Gasteiger charge is 2.32. The van der Waals surface area contributed by atoms with E-state index in [-0.39, 0.29) is 29.5 Å². The number of piperidine rings is 1. The Morgan fingerprint density at radius 2 is 1.81 bits per heavy atom. The van der Waals surface area contributed by atoms with Gasteiger partial charge in [0.2, 0.25) is 0 Å². The summed E-state index contributed by atoms with van der Waals surface area (Å²) in [5.74, 6) is -2.79. The van der Waals surface area contributed by atoms with Crippen LogP contribution in [-0.4, -0.2) is 46.0 Å². The molecular formula is C15H17NO5. The van der Waals surface area contributed by atoms with Gasteiger partial charge in [0.1, 0.15) is 0 Å². The Balaban J connectivity index is 2.20. The quantitative estimate of drug-likeness (QED) is 0.881. The number of rotatable bonds is 3. The van der Waals surface area contributed by atoms with Crippen molar-refractivity contribution in [3.05, 3.63) is 35.4 Å². The number of carboxylic acid groups (broad SMARTS) is 2. The molecular weight excluding hydrogens is 274 g/mol. The minimum atomic E-state index is -1.10. The number of aliphatic carboxylic acids is 1. The first-order valence-electron chi connectivity index (χ1n) is 6.74. The van der Waals surface area contributed by atoms with Gasteiger partial charge in [-0.3, -0.25) is 9.59 Å². The minimum absolute atomic E-state index is 0.0423. The van der Waals surface area contributed by atoms with Crippen LogP contribution in [0.1, 0.15) is 34.1 Å². The maximum Gasteiger partial charge on any atom is 0.335 e. The summed E-state index contributed by atoms with van der Waals surface area (Å²) >= 11 is 0. The Bertz CT molecular complexity index is 583. The normalized spacial score (nSPS) is 21.9. The zero-order chi connectivity index (χ0) is 15.6. The fourth-order valence-corrected chi connectivity index (χ4v) is 2.66. The van der Waals surface area contributed by atoms with Gasteiger partial charge in [0.05, 0.1) is 11.5 Å². The second kappa shape index (κ2) is 5.95. The van der Waals surface area contributed by atoms with Gasteiger partial charge in [-0.05, 0) is 30.5 Å². The van der Waals surface area contributed by atoms with Crippen LogP contribution in [0.15, 0.2) is 24.3 Å². The number of carbonyl (C=O) groups excluding carboxylic acids is 1. The third kappa shape index (κ3) is 3.39. The number of amides is 1. The third-order valence-corrected chi connectivity index (χ3v) is 3.65. The van der Waals surface area contributed by atoms with Crippen molar-refractivity contribution in [1.82, 2.24) is 4.90 Å². The minimum Gasteiger partial charge on any atom is -0.481 e. The summed E-state index contributed by atoms with van der Waals surface area (Å²) in [6.07, 6.45) is 0.550. The van der Waals surface area contributed by atoms with Crippen LogP contribution in [0.3, 0.4) is 0 Å². The first kappa shape index (κ1) is 15.0. The lowest BCUT2D eigenvalue weighted by atomic mass is 9.90. The number of benzene rings is 1. The van der Waals surface area contributed by atoms with E-state index in [1.165, 1.54) is 23.1 Å². The van der Waals surface area contributed by atoms with Crippen LogP contribution in [0.4, 0.5) is 0 Å². The predicted octanol–water partition coefficient (Wildman–Crippen LogP) is 1.57. The Morgan fingerprint density at radius 1 is 1.14 bits per heavy atom. The van der Waals surface area contributed by atoms with Crippen LogP contribution < -0.4 is 0 Å². The molecule has 2 N–H and O–H groups in total. The fourth-order valence-electron chi connectivity index (χ4n) is 2.66. The lowest BCUT2D eigenvalue weighted by molar-refractivity contribution is -0.143. The lowest BCUT2D eigenvalue weighted by Crippen LogP contribution is -2.45. The second-order valence-electron chi connectivity index (χ2n) is 5.47. The number of nitrogens with zero attached hydrogens (tertiary/aromatic N) is 1. The van der Waals surface area contributed by atoms with Crippen molar-refractivity contribution >= 4 is 17.8 Å². The third-order valence-electron chi connectivity index (χ3n) is 3.65. The molecule has 21 heavy (non-hydrogen) atoms.